The van der Waals surface area contributed by atoms with Crippen LogP contribution in [-0.2, 0) is 6.54 Å². The van der Waals surface area contributed by atoms with E-state index in [1.54, 1.807) is 24.5 Å². The van der Waals surface area contributed by atoms with E-state index < -0.39 is 5.97 Å². The summed E-state index contributed by atoms with van der Waals surface area (Å²) in [5.41, 5.74) is 5.28. The van der Waals surface area contributed by atoms with Crippen LogP contribution in [0.25, 0.3) is 11.1 Å². The van der Waals surface area contributed by atoms with Crippen LogP contribution in [0, 0.1) is 6.92 Å². The highest BCUT2D eigenvalue weighted by molar-refractivity contribution is 5.95. The molecule has 3 aromatic rings. The lowest BCUT2D eigenvalue weighted by Gasteiger charge is -2.25. The number of carbonyl (C=O) groups is 1. The van der Waals surface area contributed by atoms with Crippen LogP contribution < -0.4 is 0 Å². The molecule has 2 heterocycles. The largest absolute Gasteiger partial charge is 0.478 e. The maximum absolute atomic E-state index is 11.5. The summed E-state index contributed by atoms with van der Waals surface area (Å²) in [5, 5.41) is 9.41. The first-order chi connectivity index (χ1) is 13.6. The summed E-state index contributed by atoms with van der Waals surface area (Å²) in [6.07, 6.45) is 5.77. The number of benzene rings is 2. The van der Waals surface area contributed by atoms with Crippen molar-refractivity contribution >= 4 is 5.97 Å². The molecule has 1 aliphatic rings. The topological polar surface area (TPSA) is 66.3 Å². The molecule has 1 aromatic heterocycles. The lowest BCUT2D eigenvalue weighted by molar-refractivity contribution is 0.0697. The smallest absolute Gasteiger partial charge is 0.336 e. The highest BCUT2D eigenvalue weighted by Crippen LogP contribution is 2.33. The molecule has 0 saturated carbocycles. The third-order valence-corrected chi connectivity index (χ3v) is 5.41. The lowest BCUT2D eigenvalue weighted by atomic mass is 9.98. The number of rotatable bonds is 5. The minimum atomic E-state index is -0.904. The normalized spacial score (nSPS) is 17.0. The molecule has 5 nitrogen and oxygen atoms in total. The monoisotopic (exact) mass is 373 g/mol. The van der Waals surface area contributed by atoms with Gasteiger partial charge < -0.3 is 5.11 Å². The molecule has 1 aliphatic heterocycles. The van der Waals surface area contributed by atoms with Crippen molar-refractivity contribution in [2.45, 2.75) is 32.4 Å². The number of aromatic carboxylic acids is 1. The lowest BCUT2D eigenvalue weighted by Crippen LogP contribution is -2.24. The molecule has 0 spiro atoms. The Morgan fingerprint density at radius 3 is 2.61 bits per heavy atom. The van der Waals surface area contributed by atoms with Crippen molar-refractivity contribution < 1.29 is 9.90 Å². The number of aromatic nitrogens is 2. The third-order valence-electron chi connectivity index (χ3n) is 5.41. The van der Waals surface area contributed by atoms with Gasteiger partial charge in [0, 0.05) is 18.9 Å². The van der Waals surface area contributed by atoms with Crippen LogP contribution in [-0.4, -0.2) is 32.5 Å². The highest BCUT2D eigenvalue weighted by atomic mass is 16.4. The Kier molecular flexibility index (Phi) is 5.17. The molecule has 0 radical (unpaired) electrons. The third kappa shape index (κ3) is 3.66. The van der Waals surface area contributed by atoms with Gasteiger partial charge in [0.25, 0.3) is 0 Å². The van der Waals surface area contributed by atoms with Gasteiger partial charge in [-0.05, 0) is 49.1 Å². The van der Waals surface area contributed by atoms with Crippen LogP contribution in [0.5, 0.6) is 0 Å². The zero-order chi connectivity index (χ0) is 19.5. The summed E-state index contributed by atoms with van der Waals surface area (Å²) in [7, 11) is 0. The van der Waals surface area contributed by atoms with Crippen LogP contribution >= 0.6 is 0 Å². The first-order valence-electron chi connectivity index (χ1n) is 9.56. The molecular weight excluding hydrogens is 350 g/mol. The number of likely N-dealkylation sites (tertiary alicyclic amines) is 1. The molecule has 1 fully saturated rings. The van der Waals surface area contributed by atoms with E-state index in [0.29, 0.717) is 11.6 Å². The molecule has 0 bridgehead atoms. The van der Waals surface area contributed by atoms with E-state index in [-0.39, 0.29) is 0 Å². The van der Waals surface area contributed by atoms with E-state index >= 15 is 0 Å². The van der Waals surface area contributed by atoms with Gasteiger partial charge in [0.1, 0.15) is 0 Å². The van der Waals surface area contributed by atoms with Gasteiger partial charge in [0.2, 0.25) is 0 Å². The predicted molar refractivity (Wildman–Crippen MR) is 108 cm³/mol. The van der Waals surface area contributed by atoms with E-state index in [4.69, 9.17) is 0 Å². The molecule has 4 rings (SSSR count). The van der Waals surface area contributed by atoms with Gasteiger partial charge in [-0.1, -0.05) is 42.5 Å². The second kappa shape index (κ2) is 7.90. The Bertz CT molecular complexity index is 985. The Hall–Kier alpha value is -3.05. The zero-order valence-corrected chi connectivity index (χ0v) is 15.9. The van der Waals surface area contributed by atoms with Gasteiger partial charge in [-0.3, -0.25) is 14.9 Å². The second-order valence-corrected chi connectivity index (χ2v) is 7.20. The van der Waals surface area contributed by atoms with Crippen LogP contribution in [0.15, 0.2) is 60.9 Å². The van der Waals surface area contributed by atoms with E-state index in [0.717, 1.165) is 48.4 Å². The van der Waals surface area contributed by atoms with Gasteiger partial charge in [-0.2, -0.15) is 0 Å². The molecular formula is C23H23N3O2. The Morgan fingerprint density at radius 1 is 1.11 bits per heavy atom. The predicted octanol–water partition coefficient (Wildman–Crippen LogP) is 4.49. The molecule has 1 N–H and O–H groups in total. The van der Waals surface area contributed by atoms with Crippen LogP contribution in [0.3, 0.4) is 0 Å². The van der Waals surface area contributed by atoms with Crippen molar-refractivity contribution in [3.63, 3.8) is 0 Å². The van der Waals surface area contributed by atoms with Crippen LogP contribution in [0.1, 0.15) is 46.2 Å². The molecule has 0 amide bonds. The number of hydrogen-bond acceptors (Lipinski definition) is 4. The van der Waals surface area contributed by atoms with Crippen LogP contribution in [0.2, 0.25) is 0 Å². The average Bonchev–Trinajstić information content (AvgIpc) is 3.17. The fourth-order valence-electron chi connectivity index (χ4n) is 4.02. The maximum Gasteiger partial charge on any atom is 0.336 e. The second-order valence-electron chi connectivity index (χ2n) is 7.20. The van der Waals surface area contributed by atoms with Gasteiger partial charge in [0.15, 0.2) is 0 Å². The number of carboxylic acids is 1. The molecule has 0 unspecified atom stereocenters. The van der Waals surface area contributed by atoms with Crippen molar-refractivity contribution in [2.24, 2.45) is 0 Å². The average molecular weight is 373 g/mol. The van der Waals surface area contributed by atoms with Gasteiger partial charge in [0.05, 0.1) is 23.0 Å². The summed E-state index contributed by atoms with van der Waals surface area (Å²) < 4.78 is 0. The Morgan fingerprint density at radius 2 is 1.86 bits per heavy atom. The molecule has 1 atom stereocenters. The fourth-order valence-corrected chi connectivity index (χ4v) is 4.02. The zero-order valence-electron chi connectivity index (χ0n) is 15.9. The van der Waals surface area contributed by atoms with Crippen molar-refractivity contribution in [1.29, 1.82) is 0 Å². The van der Waals surface area contributed by atoms with Crippen molar-refractivity contribution in [2.75, 3.05) is 6.54 Å². The van der Waals surface area contributed by atoms with E-state index in [1.165, 1.54) is 5.56 Å². The van der Waals surface area contributed by atoms with Gasteiger partial charge in [-0.25, -0.2) is 4.79 Å². The number of hydrogen-bond donors (Lipinski definition) is 1. The summed E-state index contributed by atoms with van der Waals surface area (Å²) >= 11 is 0. The molecule has 1 saturated heterocycles. The van der Waals surface area contributed by atoms with Crippen molar-refractivity contribution in [3.8, 4) is 11.1 Å². The Labute approximate surface area is 164 Å². The summed E-state index contributed by atoms with van der Waals surface area (Å²) in [4.78, 5) is 22.9. The van der Waals surface area contributed by atoms with Gasteiger partial charge >= 0.3 is 5.97 Å². The van der Waals surface area contributed by atoms with E-state index in [9.17, 15) is 9.90 Å². The quantitative estimate of drug-likeness (QED) is 0.714. The highest BCUT2D eigenvalue weighted by Gasteiger charge is 2.28. The van der Waals surface area contributed by atoms with Gasteiger partial charge in [-0.15, -0.1) is 0 Å². The summed E-state index contributed by atoms with van der Waals surface area (Å²) in [6.45, 7) is 3.92. The minimum absolute atomic E-state index is 0.307. The maximum atomic E-state index is 11.5. The molecule has 5 heteroatoms. The SMILES string of the molecule is Cc1nccnc1[C@@H]1CCCN1Cc1ccc(-c2ccccc2C(=O)O)cc1. The number of aryl methyl sites for hydroxylation is 1. The van der Waals surface area contributed by atoms with Crippen LogP contribution in [0.4, 0.5) is 0 Å². The van der Waals surface area contributed by atoms with E-state index in [1.807, 2.05) is 31.2 Å². The van der Waals surface area contributed by atoms with Crippen molar-refractivity contribution in [1.82, 2.24) is 14.9 Å². The minimum Gasteiger partial charge on any atom is -0.478 e. The summed E-state index contributed by atoms with van der Waals surface area (Å²) in [6, 6.07) is 15.6. The van der Waals surface area contributed by atoms with Crippen molar-refractivity contribution in [3.05, 3.63) is 83.4 Å². The first kappa shape index (κ1) is 18.3. The number of carboxylic acid groups (broad SMARTS) is 1. The molecule has 28 heavy (non-hydrogen) atoms. The molecule has 2 aromatic carbocycles. The van der Waals surface area contributed by atoms with E-state index in [2.05, 4.69) is 27.0 Å². The molecule has 0 aliphatic carbocycles. The first-order valence-corrected chi connectivity index (χ1v) is 9.56. The fraction of sp³-hybridized carbons (Fsp3) is 0.261. The summed E-state index contributed by atoms with van der Waals surface area (Å²) in [5.74, 6) is -0.904. The Balaban J connectivity index is 1.54. The molecule has 142 valence electrons. The number of nitrogens with zero attached hydrogens (tertiary/aromatic N) is 3. The standard InChI is InChI=1S/C23H23N3O2/c1-16-22(25-13-12-24-16)21-7-4-14-26(21)15-17-8-10-18(11-9-17)19-5-2-3-6-20(19)23(27)28/h2-3,5-6,8-13,21H,4,7,14-15H2,1H3,(H,27,28)/t21-/m0/s1.